The van der Waals surface area contributed by atoms with E-state index in [4.69, 9.17) is 4.74 Å². The molecule has 0 aliphatic carbocycles. The van der Waals surface area contributed by atoms with Gasteiger partial charge >= 0.3 is 5.97 Å². The molecule has 1 unspecified atom stereocenters. The van der Waals surface area contributed by atoms with Crippen molar-refractivity contribution in [3.63, 3.8) is 0 Å². The Morgan fingerprint density at radius 3 is 2.41 bits per heavy atom. The average Bonchev–Trinajstić information content (AvgIpc) is 2.39. The van der Waals surface area contributed by atoms with Crippen molar-refractivity contribution in [1.29, 1.82) is 0 Å². The summed E-state index contributed by atoms with van der Waals surface area (Å²) in [5.41, 5.74) is 1.14. The van der Waals surface area contributed by atoms with Gasteiger partial charge in [-0.15, -0.1) is 0 Å². The summed E-state index contributed by atoms with van der Waals surface area (Å²) in [5, 5.41) is 3.19. The second-order valence-corrected chi connectivity index (χ2v) is 3.73. The highest BCUT2D eigenvalue weighted by Crippen LogP contribution is 2.21. The first kappa shape index (κ1) is 13.5. The summed E-state index contributed by atoms with van der Waals surface area (Å²) in [6.07, 6.45) is 1.13. The number of rotatable bonds is 6. The van der Waals surface area contributed by atoms with Crippen molar-refractivity contribution in [2.24, 2.45) is 0 Å². The van der Waals surface area contributed by atoms with E-state index >= 15 is 0 Å². The summed E-state index contributed by atoms with van der Waals surface area (Å²) in [6, 6.07) is 7.98. The van der Waals surface area contributed by atoms with Crippen LogP contribution in [0, 0.1) is 0 Å². The molecule has 1 atom stereocenters. The summed E-state index contributed by atoms with van der Waals surface area (Å²) in [4.78, 5) is 11.1. The van der Waals surface area contributed by atoms with E-state index in [9.17, 15) is 4.79 Å². The highest BCUT2D eigenvalue weighted by molar-refractivity contribution is 5.69. The van der Waals surface area contributed by atoms with Crippen molar-refractivity contribution < 1.29 is 14.3 Å². The summed E-state index contributed by atoms with van der Waals surface area (Å²) >= 11 is 0. The van der Waals surface area contributed by atoms with Gasteiger partial charge in [-0.25, -0.2) is 0 Å². The second-order valence-electron chi connectivity index (χ2n) is 3.73. The fourth-order valence-electron chi connectivity index (χ4n) is 1.68. The zero-order valence-electron chi connectivity index (χ0n) is 10.5. The van der Waals surface area contributed by atoms with E-state index < -0.39 is 0 Å². The van der Waals surface area contributed by atoms with Gasteiger partial charge in [0.2, 0.25) is 0 Å². The number of carbonyl (C=O) groups is 1. The molecule has 0 radical (unpaired) electrons. The first-order valence-corrected chi connectivity index (χ1v) is 5.59. The molecule has 1 aromatic rings. The molecule has 0 saturated heterocycles. The number of benzene rings is 1. The van der Waals surface area contributed by atoms with Crippen LogP contribution in [-0.4, -0.2) is 27.2 Å². The number of carbonyl (C=O) groups excluding carboxylic acids is 1. The zero-order valence-corrected chi connectivity index (χ0v) is 10.5. The fourth-order valence-corrected chi connectivity index (χ4v) is 1.68. The van der Waals surface area contributed by atoms with Crippen LogP contribution in [0.5, 0.6) is 5.75 Å². The highest BCUT2D eigenvalue weighted by atomic mass is 16.5. The van der Waals surface area contributed by atoms with Crippen LogP contribution in [0.1, 0.15) is 24.4 Å². The Labute approximate surface area is 102 Å². The Hall–Kier alpha value is -1.55. The molecule has 0 fully saturated rings. The largest absolute Gasteiger partial charge is 0.497 e. The molecule has 0 saturated carbocycles. The first-order chi connectivity index (χ1) is 8.21. The van der Waals surface area contributed by atoms with Crippen molar-refractivity contribution in [2.45, 2.75) is 18.9 Å². The van der Waals surface area contributed by atoms with Gasteiger partial charge in [-0.3, -0.25) is 4.79 Å². The van der Waals surface area contributed by atoms with E-state index in [1.807, 2.05) is 31.3 Å². The Balaban J connectivity index is 2.62. The number of hydrogen-bond acceptors (Lipinski definition) is 4. The third kappa shape index (κ3) is 4.07. The minimum Gasteiger partial charge on any atom is -0.497 e. The van der Waals surface area contributed by atoms with Gasteiger partial charge in [-0.2, -0.15) is 0 Å². The summed E-state index contributed by atoms with van der Waals surface area (Å²) in [5.74, 6) is 0.648. The Morgan fingerprint density at radius 1 is 1.29 bits per heavy atom. The lowest BCUT2D eigenvalue weighted by atomic mass is 10.0. The maximum atomic E-state index is 11.1. The topological polar surface area (TPSA) is 47.6 Å². The van der Waals surface area contributed by atoms with Gasteiger partial charge in [-0.1, -0.05) is 12.1 Å². The standard InChI is InChI=1S/C13H19NO3/c1-14-12(8-9-13(15)17-3)10-4-6-11(16-2)7-5-10/h4-7,12,14H,8-9H2,1-3H3. The number of esters is 1. The molecular formula is C13H19NO3. The molecule has 0 aromatic heterocycles. The van der Waals surface area contributed by atoms with Crippen LogP contribution in [0.2, 0.25) is 0 Å². The molecule has 4 nitrogen and oxygen atoms in total. The molecule has 17 heavy (non-hydrogen) atoms. The summed E-state index contributed by atoms with van der Waals surface area (Å²) in [7, 11) is 4.93. The van der Waals surface area contributed by atoms with E-state index in [0.29, 0.717) is 6.42 Å². The normalized spacial score (nSPS) is 11.9. The van der Waals surface area contributed by atoms with Crippen molar-refractivity contribution >= 4 is 5.97 Å². The minimum atomic E-state index is -0.182. The SMILES string of the molecule is CNC(CCC(=O)OC)c1ccc(OC)cc1. The van der Waals surface area contributed by atoms with Crippen molar-refractivity contribution in [3.8, 4) is 5.75 Å². The molecular weight excluding hydrogens is 218 g/mol. The maximum absolute atomic E-state index is 11.1. The van der Waals surface area contributed by atoms with Crippen LogP contribution in [0.15, 0.2) is 24.3 Å². The lowest BCUT2D eigenvalue weighted by Crippen LogP contribution is -2.17. The first-order valence-electron chi connectivity index (χ1n) is 5.59. The van der Waals surface area contributed by atoms with Crippen LogP contribution < -0.4 is 10.1 Å². The lowest BCUT2D eigenvalue weighted by molar-refractivity contribution is -0.140. The van der Waals surface area contributed by atoms with Crippen LogP contribution >= 0.6 is 0 Å². The predicted octanol–water partition coefficient (Wildman–Crippen LogP) is 1.91. The Bertz CT molecular complexity index is 348. The van der Waals surface area contributed by atoms with E-state index in [-0.39, 0.29) is 12.0 Å². The molecule has 0 aliphatic rings. The van der Waals surface area contributed by atoms with E-state index in [1.54, 1.807) is 7.11 Å². The smallest absolute Gasteiger partial charge is 0.305 e. The molecule has 0 bridgehead atoms. The Kier molecular flexibility index (Phi) is 5.49. The van der Waals surface area contributed by atoms with Gasteiger partial charge in [0.25, 0.3) is 0 Å². The van der Waals surface area contributed by atoms with Crippen LogP contribution in [0.3, 0.4) is 0 Å². The van der Waals surface area contributed by atoms with Gasteiger partial charge < -0.3 is 14.8 Å². The molecule has 0 spiro atoms. The lowest BCUT2D eigenvalue weighted by Gasteiger charge is -2.16. The van der Waals surface area contributed by atoms with Crippen LogP contribution in [-0.2, 0) is 9.53 Å². The van der Waals surface area contributed by atoms with Crippen molar-refractivity contribution in [2.75, 3.05) is 21.3 Å². The number of methoxy groups -OCH3 is 2. The zero-order chi connectivity index (χ0) is 12.7. The number of hydrogen-bond donors (Lipinski definition) is 1. The molecule has 4 heteroatoms. The highest BCUT2D eigenvalue weighted by Gasteiger charge is 2.11. The van der Waals surface area contributed by atoms with Crippen LogP contribution in [0.4, 0.5) is 0 Å². The van der Waals surface area contributed by atoms with Crippen molar-refractivity contribution in [3.05, 3.63) is 29.8 Å². The number of nitrogens with one attached hydrogen (secondary N) is 1. The quantitative estimate of drug-likeness (QED) is 0.768. The summed E-state index contributed by atoms with van der Waals surface area (Å²) in [6.45, 7) is 0. The third-order valence-corrected chi connectivity index (χ3v) is 2.73. The van der Waals surface area contributed by atoms with Gasteiger partial charge in [0.05, 0.1) is 14.2 Å². The van der Waals surface area contributed by atoms with Crippen LogP contribution in [0.25, 0.3) is 0 Å². The van der Waals surface area contributed by atoms with Crippen molar-refractivity contribution in [1.82, 2.24) is 5.32 Å². The molecule has 1 aromatic carbocycles. The molecule has 1 N–H and O–H groups in total. The summed E-state index contributed by atoms with van der Waals surface area (Å²) < 4.78 is 9.73. The average molecular weight is 237 g/mol. The van der Waals surface area contributed by atoms with Gasteiger partial charge in [0.1, 0.15) is 5.75 Å². The minimum absolute atomic E-state index is 0.153. The predicted molar refractivity (Wildman–Crippen MR) is 66.0 cm³/mol. The van der Waals surface area contributed by atoms with E-state index in [1.165, 1.54) is 7.11 Å². The molecule has 0 aliphatic heterocycles. The second kappa shape index (κ2) is 6.91. The molecule has 94 valence electrons. The van der Waals surface area contributed by atoms with E-state index in [0.717, 1.165) is 17.7 Å². The number of ether oxygens (including phenoxy) is 2. The molecule has 1 rings (SSSR count). The fraction of sp³-hybridized carbons (Fsp3) is 0.462. The van der Waals surface area contributed by atoms with Gasteiger partial charge in [0, 0.05) is 12.5 Å². The maximum Gasteiger partial charge on any atom is 0.305 e. The van der Waals surface area contributed by atoms with E-state index in [2.05, 4.69) is 10.1 Å². The molecule has 0 amide bonds. The third-order valence-electron chi connectivity index (χ3n) is 2.73. The Morgan fingerprint density at radius 2 is 1.94 bits per heavy atom. The monoisotopic (exact) mass is 237 g/mol. The van der Waals surface area contributed by atoms with Gasteiger partial charge in [-0.05, 0) is 31.2 Å². The molecule has 0 heterocycles. The van der Waals surface area contributed by atoms with Gasteiger partial charge in [0.15, 0.2) is 0 Å².